The van der Waals surface area contributed by atoms with Gasteiger partial charge in [0.15, 0.2) is 5.75 Å². The number of sulfonamides is 1. The molecule has 0 spiro atoms. The van der Waals surface area contributed by atoms with Crippen LogP contribution in [0.3, 0.4) is 0 Å². The number of carbonyl (C=O) groups is 2. The van der Waals surface area contributed by atoms with Gasteiger partial charge in [-0.2, -0.15) is 0 Å². The molecule has 0 unspecified atom stereocenters. The van der Waals surface area contributed by atoms with Gasteiger partial charge in [0.1, 0.15) is 6.10 Å². The fourth-order valence-electron chi connectivity index (χ4n) is 5.60. The number of carbonyl (C=O) groups excluding carboxylic acids is 2. The number of para-hydroxylation sites is 3. The van der Waals surface area contributed by atoms with E-state index in [4.69, 9.17) is 10.5 Å². The molecule has 1 aliphatic heterocycles. The molecule has 48 heavy (non-hydrogen) atoms. The monoisotopic (exact) mass is 671 g/mol. The third kappa shape index (κ3) is 7.96. The molecule has 12 heteroatoms. The Morgan fingerprint density at radius 1 is 1.00 bits per heavy atom. The molecule has 2 amide bonds. The number of nitrogens with two attached hydrogens (primary N) is 1. The Kier molecular flexibility index (Phi) is 10.7. The number of hydrogen-bond donors (Lipinski definition) is 4. The van der Waals surface area contributed by atoms with Crippen LogP contribution in [0.4, 0.5) is 17.1 Å². The summed E-state index contributed by atoms with van der Waals surface area (Å²) >= 11 is 0. The average Bonchev–Trinajstić information content (AvgIpc) is 3.08. The SMILES string of the molecule is C[C@H]1CN([C@@H](C)CO)C(=O)c2cccc(NS(=O)(=O)c3ccccc3)c2O[C@H]1CN(C)Cc1ccc(C(=O)Nc2ccccc2N)cc1. The van der Waals surface area contributed by atoms with Crippen LogP contribution in [-0.2, 0) is 16.6 Å². The molecular weight excluding hydrogens is 630 g/mol. The van der Waals surface area contributed by atoms with Crippen LogP contribution in [0.5, 0.6) is 5.75 Å². The summed E-state index contributed by atoms with van der Waals surface area (Å²) in [5, 5.41) is 12.8. The zero-order valence-corrected chi connectivity index (χ0v) is 28.0. The van der Waals surface area contributed by atoms with Crippen molar-refractivity contribution in [2.75, 3.05) is 42.5 Å². The van der Waals surface area contributed by atoms with Crippen molar-refractivity contribution in [1.82, 2.24) is 9.80 Å². The maximum atomic E-state index is 13.8. The third-order valence-electron chi connectivity index (χ3n) is 8.36. The second kappa shape index (κ2) is 14.9. The van der Waals surface area contributed by atoms with Crippen LogP contribution in [0, 0.1) is 5.92 Å². The molecule has 0 aromatic heterocycles. The standard InChI is InChI=1S/C36H41N5O6S/c1-24-20-41(25(2)23-42)36(44)29-12-9-15-32(39-48(45,46)28-10-5-4-6-11-28)34(29)47-33(24)22-40(3)21-26-16-18-27(19-17-26)35(43)38-31-14-8-7-13-30(31)37/h4-19,24-25,33,39,42H,20-23,37H2,1-3H3,(H,38,43)/t24-,25-,33-/m0/s1. The minimum Gasteiger partial charge on any atom is -0.486 e. The van der Waals surface area contributed by atoms with Crippen LogP contribution in [0.15, 0.2) is 102 Å². The first-order valence-electron chi connectivity index (χ1n) is 15.7. The smallest absolute Gasteiger partial charge is 0.262 e. The number of hydrogen-bond acceptors (Lipinski definition) is 8. The van der Waals surface area contributed by atoms with Crippen molar-refractivity contribution in [3.63, 3.8) is 0 Å². The van der Waals surface area contributed by atoms with Crippen LogP contribution < -0.4 is 20.5 Å². The summed E-state index contributed by atoms with van der Waals surface area (Å²) in [5.41, 5.74) is 8.80. The first-order valence-corrected chi connectivity index (χ1v) is 17.2. The summed E-state index contributed by atoms with van der Waals surface area (Å²) in [7, 11) is -2.04. The van der Waals surface area contributed by atoms with Crippen molar-refractivity contribution in [2.45, 2.75) is 37.4 Å². The number of aliphatic hydroxyl groups excluding tert-OH is 1. The van der Waals surface area contributed by atoms with E-state index in [0.717, 1.165) is 5.56 Å². The Hall–Kier alpha value is -4.91. The maximum Gasteiger partial charge on any atom is 0.262 e. The number of benzene rings is 4. The van der Waals surface area contributed by atoms with Gasteiger partial charge < -0.3 is 25.8 Å². The van der Waals surface area contributed by atoms with Gasteiger partial charge in [0.25, 0.3) is 21.8 Å². The molecule has 11 nitrogen and oxygen atoms in total. The molecule has 0 bridgehead atoms. The Morgan fingerprint density at radius 3 is 2.35 bits per heavy atom. The third-order valence-corrected chi connectivity index (χ3v) is 9.74. The second-order valence-corrected chi connectivity index (χ2v) is 13.8. The van der Waals surface area contributed by atoms with Gasteiger partial charge in [0.2, 0.25) is 0 Å². The zero-order chi connectivity index (χ0) is 34.4. The molecule has 4 aromatic carbocycles. The van der Waals surface area contributed by atoms with E-state index in [0.29, 0.717) is 36.6 Å². The number of aliphatic hydroxyl groups is 1. The molecule has 0 fully saturated rings. The number of nitrogens with one attached hydrogen (secondary N) is 2. The predicted molar refractivity (Wildman–Crippen MR) is 186 cm³/mol. The second-order valence-electron chi connectivity index (χ2n) is 12.2. The molecule has 0 aliphatic carbocycles. The first kappa shape index (κ1) is 34.4. The molecule has 4 aromatic rings. The normalized spacial score (nSPS) is 17.1. The van der Waals surface area contributed by atoms with E-state index in [9.17, 15) is 23.1 Å². The number of rotatable bonds is 11. The molecule has 0 saturated heterocycles. The molecule has 5 rings (SSSR count). The highest BCUT2D eigenvalue weighted by Gasteiger charge is 2.35. The number of nitrogen functional groups attached to an aromatic ring is 1. The van der Waals surface area contributed by atoms with Gasteiger partial charge >= 0.3 is 0 Å². The summed E-state index contributed by atoms with van der Waals surface area (Å²) in [4.78, 5) is 30.4. The van der Waals surface area contributed by atoms with E-state index in [1.165, 1.54) is 12.1 Å². The number of ether oxygens (including phenoxy) is 1. The lowest BCUT2D eigenvalue weighted by Gasteiger charge is -2.38. The van der Waals surface area contributed by atoms with Crippen LogP contribution in [0.2, 0.25) is 0 Å². The number of fused-ring (bicyclic) bond motifs is 1. The van der Waals surface area contributed by atoms with Crippen molar-refractivity contribution < 1.29 is 27.9 Å². The minimum absolute atomic E-state index is 0.0765. The summed E-state index contributed by atoms with van der Waals surface area (Å²) in [5.74, 6) is -0.673. The van der Waals surface area contributed by atoms with Gasteiger partial charge in [0.05, 0.1) is 40.2 Å². The lowest BCUT2D eigenvalue weighted by atomic mass is 9.99. The number of anilines is 3. The lowest BCUT2D eigenvalue weighted by molar-refractivity contribution is 0.0344. The Labute approximate surface area is 281 Å². The summed E-state index contributed by atoms with van der Waals surface area (Å²) in [6.45, 7) is 4.81. The van der Waals surface area contributed by atoms with Gasteiger partial charge in [-0.05, 0) is 68.1 Å². The fourth-order valence-corrected chi connectivity index (χ4v) is 6.68. The van der Waals surface area contributed by atoms with Gasteiger partial charge in [-0.15, -0.1) is 0 Å². The van der Waals surface area contributed by atoms with E-state index >= 15 is 0 Å². The molecule has 1 heterocycles. The highest BCUT2D eigenvalue weighted by Crippen LogP contribution is 2.36. The zero-order valence-electron chi connectivity index (χ0n) is 27.2. The molecule has 1 aliphatic rings. The van der Waals surface area contributed by atoms with Crippen molar-refractivity contribution in [1.29, 1.82) is 0 Å². The maximum absolute atomic E-state index is 13.8. The van der Waals surface area contributed by atoms with Gasteiger partial charge in [-0.3, -0.25) is 19.2 Å². The van der Waals surface area contributed by atoms with E-state index in [2.05, 4.69) is 14.9 Å². The molecular formula is C36H41N5O6S. The van der Waals surface area contributed by atoms with Crippen molar-refractivity contribution in [2.24, 2.45) is 5.92 Å². The van der Waals surface area contributed by atoms with Gasteiger partial charge in [-0.1, -0.05) is 55.5 Å². The average molecular weight is 672 g/mol. The Morgan fingerprint density at radius 2 is 1.67 bits per heavy atom. The van der Waals surface area contributed by atoms with E-state index in [1.807, 2.05) is 26.1 Å². The summed E-state index contributed by atoms with van der Waals surface area (Å²) in [6, 6.07) is 26.7. The van der Waals surface area contributed by atoms with E-state index in [-0.39, 0.29) is 46.2 Å². The van der Waals surface area contributed by atoms with E-state index < -0.39 is 22.2 Å². The van der Waals surface area contributed by atoms with Gasteiger partial charge in [-0.25, -0.2) is 8.42 Å². The number of amides is 2. The molecule has 3 atom stereocenters. The summed E-state index contributed by atoms with van der Waals surface area (Å²) in [6.07, 6.45) is -0.459. The lowest BCUT2D eigenvalue weighted by Crippen LogP contribution is -2.49. The highest BCUT2D eigenvalue weighted by molar-refractivity contribution is 7.92. The predicted octanol–water partition coefficient (Wildman–Crippen LogP) is 4.67. The number of likely N-dealkylation sites (N-methyl/N-ethyl adjacent to an activating group) is 1. The van der Waals surface area contributed by atoms with Crippen LogP contribution >= 0.6 is 0 Å². The van der Waals surface area contributed by atoms with Crippen molar-refractivity contribution in [3.05, 3.63) is 114 Å². The van der Waals surface area contributed by atoms with Crippen LogP contribution in [-0.4, -0.2) is 74.0 Å². The molecule has 0 saturated carbocycles. The molecule has 0 radical (unpaired) electrons. The first-order chi connectivity index (χ1) is 23.0. The highest BCUT2D eigenvalue weighted by atomic mass is 32.2. The topological polar surface area (TPSA) is 154 Å². The van der Waals surface area contributed by atoms with E-state index in [1.54, 1.807) is 84.6 Å². The molecule has 252 valence electrons. The largest absolute Gasteiger partial charge is 0.486 e. The fraction of sp³-hybridized carbons (Fsp3) is 0.278. The summed E-state index contributed by atoms with van der Waals surface area (Å²) < 4.78 is 35.8. The van der Waals surface area contributed by atoms with Gasteiger partial charge in [0, 0.05) is 31.1 Å². The Balaban J connectivity index is 1.37. The van der Waals surface area contributed by atoms with Crippen LogP contribution in [0.1, 0.15) is 40.1 Å². The van der Waals surface area contributed by atoms with Crippen molar-refractivity contribution in [3.8, 4) is 5.75 Å². The molecule has 5 N–H and O–H groups in total. The Bertz CT molecular complexity index is 1850. The minimum atomic E-state index is -3.98. The van der Waals surface area contributed by atoms with Crippen molar-refractivity contribution >= 4 is 38.9 Å². The quantitative estimate of drug-likeness (QED) is 0.168. The van der Waals surface area contributed by atoms with Crippen LogP contribution in [0.25, 0.3) is 0 Å². The number of nitrogens with zero attached hydrogens (tertiary/aromatic N) is 2.